The number of rotatable bonds is 4. The first kappa shape index (κ1) is 21.5. The predicted molar refractivity (Wildman–Crippen MR) is 111 cm³/mol. The number of nitrogens with one attached hydrogen (secondary N) is 1. The average Bonchev–Trinajstić information content (AvgIpc) is 2.96. The number of hydrogen-bond acceptors (Lipinski definition) is 7. The maximum atomic E-state index is 15.0. The minimum absolute atomic E-state index is 0.0158. The van der Waals surface area contributed by atoms with E-state index in [4.69, 9.17) is 5.11 Å². The normalized spacial score (nSPS) is 28.0. The van der Waals surface area contributed by atoms with Crippen LogP contribution in [0.4, 0.5) is 10.1 Å². The molecule has 1 unspecified atom stereocenters. The van der Waals surface area contributed by atoms with Crippen LogP contribution in [0.25, 0.3) is 0 Å². The molecule has 3 heterocycles. The van der Waals surface area contributed by atoms with Crippen molar-refractivity contribution in [3.63, 3.8) is 0 Å². The molecule has 2 saturated heterocycles. The molecule has 1 atom stereocenters. The van der Waals surface area contributed by atoms with Gasteiger partial charge in [-0.2, -0.15) is 0 Å². The summed E-state index contributed by atoms with van der Waals surface area (Å²) in [6.07, 6.45) is 1.30. The van der Waals surface area contributed by atoms with Gasteiger partial charge in [-0.3, -0.25) is 39.1 Å². The Kier molecular flexibility index (Phi) is 5.15. The highest BCUT2D eigenvalue weighted by atomic mass is 19.1. The third-order valence-electron chi connectivity index (χ3n) is 7.14. The fourth-order valence-corrected chi connectivity index (χ4v) is 5.14. The zero-order chi connectivity index (χ0) is 23.4. The maximum absolute atomic E-state index is 15.0. The molecular weight excluding hydrogens is 435 g/mol. The van der Waals surface area contributed by atoms with Crippen molar-refractivity contribution in [2.24, 2.45) is 5.92 Å². The third kappa shape index (κ3) is 3.56. The summed E-state index contributed by atoms with van der Waals surface area (Å²) in [5, 5.41) is 11.2. The van der Waals surface area contributed by atoms with E-state index in [1.165, 1.54) is 6.07 Å². The molecule has 0 aromatic heterocycles. The molecule has 10 nitrogen and oxygen atoms in total. The molecule has 1 aromatic carbocycles. The number of hydrogen-bond donors (Lipinski definition) is 2. The quantitative estimate of drug-likeness (QED) is 0.613. The van der Waals surface area contributed by atoms with Crippen LogP contribution in [-0.4, -0.2) is 82.8 Å². The highest BCUT2D eigenvalue weighted by Gasteiger charge is 2.45. The van der Waals surface area contributed by atoms with Crippen molar-refractivity contribution in [1.82, 2.24) is 15.1 Å². The number of fused-ring (bicyclic) bond motifs is 1. The second-order valence-corrected chi connectivity index (χ2v) is 8.98. The third-order valence-corrected chi connectivity index (χ3v) is 7.14. The summed E-state index contributed by atoms with van der Waals surface area (Å²) < 4.78 is 15.0. The molecule has 1 aromatic rings. The van der Waals surface area contributed by atoms with Gasteiger partial charge in [0, 0.05) is 38.6 Å². The van der Waals surface area contributed by atoms with Gasteiger partial charge in [0.2, 0.25) is 11.8 Å². The molecule has 174 valence electrons. The molecule has 5 rings (SSSR count). The van der Waals surface area contributed by atoms with E-state index in [0.29, 0.717) is 39.0 Å². The lowest BCUT2D eigenvalue weighted by Gasteiger charge is -2.45. The van der Waals surface area contributed by atoms with Crippen molar-refractivity contribution in [2.75, 3.05) is 31.1 Å². The van der Waals surface area contributed by atoms with Crippen LogP contribution in [0.2, 0.25) is 0 Å². The van der Waals surface area contributed by atoms with E-state index in [2.05, 4.69) is 10.2 Å². The zero-order valence-corrected chi connectivity index (χ0v) is 17.8. The van der Waals surface area contributed by atoms with Crippen molar-refractivity contribution >= 4 is 35.3 Å². The minimum Gasteiger partial charge on any atom is -0.481 e. The minimum atomic E-state index is -1.10. The van der Waals surface area contributed by atoms with Crippen molar-refractivity contribution in [2.45, 2.75) is 37.8 Å². The van der Waals surface area contributed by atoms with Crippen LogP contribution in [0.1, 0.15) is 46.4 Å². The van der Waals surface area contributed by atoms with E-state index < -0.39 is 41.5 Å². The van der Waals surface area contributed by atoms with Gasteiger partial charge in [-0.25, -0.2) is 4.39 Å². The van der Waals surface area contributed by atoms with E-state index in [1.807, 2.05) is 4.90 Å². The Morgan fingerprint density at radius 2 is 1.64 bits per heavy atom. The molecule has 33 heavy (non-hydrogen) atoms. The van der Waals surface area contributed by atoms with E-state index in [9.17, 15) is 28.4 Å². The number of anilines is 1. The summed E-state index contributed by atoms with van der Waals surface area (Å²) in [6, 6.07) is 1.55. The highest BCUT2D eigenvalue weighted by Crippen LogP contribution is 2.35. The first-order chi connectivity index (χ1) is 15.7. The summed E-state index contributed by atoms with van der Waals surface area (Å²) in [5.41, 5.74) is 0.183. The van der Waals surface area contributed by atoms with Crippen molar-refractivity contribution in [1.29, 1.82) is 0 Å². The summed E-state index contributed by atoms with van der Waals surface area (Å²) in [7, 11) is 0. The highest BCUT2D eigenvalue weighted by molar-refractivity contribution is 6.23. The molecule has 2 N–H and O–H groups in total. The standard InChI is InChI=1S/C22H23FN4O6/c23-15-9-13-14(21(31)27(20(13)30)16-1-2-18(28)24-19(16)29)10-17(15)26-5-3-25(4-6-26)12-7-11(8-12)22(32)33/h9-12,16H,1-8H2,(H,32,33)(H,24,28,29). The first-order valence-electron chi connectivity index (χ1n) is 11.0. The van der Waals surface area contributed by atoms with Gasteiger partial charge >= 0.3 is 5.97 Å². The van der Waals surface area contributed by atoms with Crippen LogP contribution in [0.3, 0.4) is 0 Å². The molecular formula is C22H23FN4O6. The van der Waals surface area contributed by atoms with Crippen molar-refractivity contribution < 1.29 is 33.5 Å². The molecule has 1 saturated carbocycles. The summed E-state index contributed by atoms with van der Waals surface area (Å²) in [5.74, 6) is -4.26. The molecule has 0 radical (unpaired) electrons. The van der Waals surface area contributed by atoms with Gasteiger partial charge in [-0.15, -0.1) is 0 Å². The Hall–Kier alpha value is -3.34. The Bertz CT molecular complexity index is 1080. The molecule has 4 aliphatic rings. The van der Waals surface area contributed by atoms with Crippen molar-refractivity contribution in [3.05, 3.63) is 29.1 Å². The molecule has 3 fully saturated rings. The molecule has 3 aliphatic heterocycles. The lowest BCUT2D eigenvalue weighted by molar-refractivity contribution is -0.147. The van der Waals surface area contributed by atoms with Crippen LogP contribution in [0.5, 0.6) is 0 Å². The van der Waals surface area contributed by atoms with Crippen LogP contribution in [-0.2, 0) is 14.4 Å². The average molecular weight is 458 g/mol. The van der Waals surface area contributed by atoms with Crippen LogP contribution >= 0.6 is 0 Å². The van der Waals surface area contributed by atoms with Gasteiger partial charge in [0.15, 0.2) is 0 Å². The molecule has 0 bridgehead atoms. The van der Waals surface area contributed by atoms with Gasteiger partial charge in [-0.1, -0.05) is 0 Å². The Labute approximate surface area is 188 Å². The Morgan fingerprint density at radius 3 is 2.24 bits per heavy atom. The summed E-state index contributed by atoms with van der Waals surface area (Å²) >= 11 is 0. The largest absolute Gasteiger partial charge is 0.481 e. The van der Waals surface area contributed by atoms with E-state index in [0.717, 1.165) is 11.0 Å². The number of carbonyl (C=O) groups is 5. The van der Waals surface area contributed by atoms with E-state index >= 15 is 0 Å². The van der Waals surface area contributed by atoms with Gasteiger partial charge in [0.1, 0.15) is 11.9 Å². The van der Waals surface area contributed by atoms with Crippen LogP contribution in [0.15, 0.2) is 12.1 Å². The van der Waals surface area contributed by atoms with E-state index in [-0.39, 0.29) is 41.6 Å². The molecule has 4 amide bonds. The number of nitrogens with zero attached hydrogens (tertiary/aromatic N) is 3. The monoisotopic (exact) mass is 458 g/mol. The topological polar surface area (TPSA) is 127 Å². The van der Waals surface area contributed by atoms with Crippen LogP contribution in [0, 0.1) is 11.7 Å². The second-order valence-electron chi connectivity index (χ2n) is 8.98. The molecule has 11 heteroatoms. The SMILES string of the molecule is O=C1CCC(N2C(=O)c3cc(F)c(N4CCN(C5CC(C(=O)O)C5)CC4)cc3C2=O)C(=O)N1. The number of piperazine rings is 1. The fraction of sp³-hybridized carbons (Fsp3) is 0.500. The smallest absolute Gasteiger partial charge is 0.306 e. The maximum Gasteiger partial charge on any atom is 0.306 e. The second kappa shape index (κ2) is 7.91. The van der Waals surface area contributed by atoms with Gasteiger partial charge in [0.25, 0.3) is 11.8 Å². The molecule has 1 aliphatic carbocycles. The Morgan fingerprint density at radius 1 is 1.00 bits per heavy atom. The number of benzene rings is 1. The van der Waals surface area contributed by atoms with Crippen LogP contribution < -0.4 is 10.2 Å². The predicted octanol–water partition coefficient (Wildman–Crippen LogP) is 0.212. The lowest BCUT2D eigenvalue weighted by Crippen LogP contribution is -2.55. The summed E-state index contributed by atoms with van der Waals surface area (Å²) in [6.45, 7) is 2.29. The van der Waals surface area contributed by atoms with Gasteiger partial charge < -0.3 is 10.0 Å². The van der Waals surface area contributed by atoms with Crippen molar-refractivity contribution in [3.8, 4) is 0 Å². The molecule has 0 spiro atoms. The number of carboxylic acid groups (broad SMARTS) is 1. The number of halogens is 1. The number of carbonyl (C=O) groups excluding carboxylic acids is 4. The number of piperidine rings is 1. The Balaban J connectivity index is 1.30. The first-order valence-corrected chi connectivity index (χ1v) is 11.0. The van der Waals surface area contributed by atoms with E-state index in [1.54, 1.807) is 0 Å². The lowest BCUT2D eigenvalue weighted by atomic mass is 9.79. The number of carboxylic acids is 1. The number of aliphatic carboxylic acids is 1. The van der Waals surface area contributed by atoms with Gasteiger partial charge in [-0.05, 0) is 31.4 Å². The fourth-order valence-electron chi connectivity index (χ4n) is 5.14. The van der Waals surface area contributed by atoms with Gasteiger partial charge in [0.05, 0.1) is 22.7 Å². The zero-order valence-electron chi connectivity index (χ0n) is 17.8. The summed E-state index contributed by atoms with van der Waals surface area (Å²) in [4.78, 5) is 65.3. The number of imide groups is 2. The number of amides is 4.